The molecule has 1 saturated carbocycles. The number of primary amides is 1. The zero-order chi connectivity index (χ0) is 15.7. The summed E-state index contributed by atoms with van der Waals surface area (Å²) in [7, 11) is 0. The Morgan fingerprint density at radius 3 is 3.00 bits per heavy atom. The van der Waals surface area contributed by atoms with Gasteiger partial charge in [0.15, 0.2) is 5.16 Å². The van der Waals surface area contributed by atoms with Crippen LogP contribution in [-0.2, 0) is 4.79 Å². The van der Waals surface area contributed by atoms with Gasteiger partial charge in [0.05, 0.1) is 10.8 Å². The Balaban J connectivity index is 1.65. The van der Waals surface area contributed by atoms with E-state index in [0.717, 1.165) is 5.16 Å². The molecule has 1 aliphatic carbocycles. The number of nitrogens with two attached hydrogens (primary N) is 1. The fourth-order valence-electron chi connectivity index (χ4n) is 2.05. The molecule has 1 fully saturated rings. The van der Waals surface area contributed by atoms with Gasteiger partial charge in [-0.15, -0.1) is 11.3 Å². The monoisotopic (exact) mass is 336 g/mol. The predicted molar refractivity (Wildman–Crippen MR) is 87.3 cm³/mol. The minimum atomic E-state index is -0.541. The summed E-state index contributed by atoms with van der Waals surface area (Å²) >= 11 is 2.70. The van der Waals surface area contributed by atoms with Gasteiger partial charge in [-0.2, -0.15) is 0 Å². The van der Waals surface area contributed by atoms with Crippen LogP contribution in [0.3, 0.4) is 0 Å². The molecule has 6 nitrogen and oxygen atoms in total. The standard InChI is InChI=1S/C14H16N4O2S2/c1-8(22-14-16-5-6-18(14)9-2-3-9)12(20)17-13-10(11(15)19)4-7-21-13/h4-9H,2-3H2,1H3,(H2,15,19)(H,17,20)/t8-/m0/s1. The normalized spacial score (nSPS) is 15.5. The van der Waals surface area contributed by atoms with Crippen LogP contribution < -0.4 is 11.1 Å². The number of imidazole rings is 1. The molecular weight excluding hydrogens is 320 g/mol. The third-order valence-corrected chi connectivity index (χ3v) is 5.32. The minimum absolute atomic E-state index is 0.166. The molecule has 2 aromatic heterocycles. The Bertz CT molecular complexity index is 705. The number of hydrogen-bond acceptors (Lipinski definition) is 5. The van der Waals surface area contributed by atoms with Crippen molar-refractivity contribution in [3.63, 3.8) is 0 Å². The first-order valence-electron chi connectivity index (χ1n) is 6.94. The van der Waals surface area contributed by atoms with Crippen LogP contribution in [0.4, 0.5) is 5.00 Å². The molecule has 0 saturated heterocycles. The average Bonchev–Trinajstić information content (AvgIpc) is 3.03. The first kappa shape index (κ1) is 15.1. The van der Waals surface area contributed by atoms with Gasteiger partial charge >= 0.3 is 0 Å². The molecule has 0 aliphatic heterocycles. The lowest BCUT2D eigenvalue weighted by atomic mass is 10.3. The maximum absolute atomic E-state index is 12.3. The number of carbonyl (C=O) groups is 2. The molecule has 8 heteroatoms. The summed E-state index contributed by atoms with van der Waals surface area (Å²) in [5, 5.41) is 5.53. The number of anilines is 1. The first-order chi connectivity index (χ1) is 10.6. The van der Waals surface area contributed by atoms with Gasteiger partial charge in [0.25, 0.3) is 5.91 Å². The van der Waals surface area contributed by atoms with E-state index < -0.39 is 5.91 Å². The SMILES string of the molecule is C[C@H](Sc1nccn1C1CC1)C(=O)Nc1sccc1C(N)=O. The molecule has 2 amide bonds. The molecule has 1 atom stereocenters. The van der Waals surface area contributed by atoms with Crippen molar-refractivity contribution in [2.24, 2.45) is 5.73 Å². The van der Waals surface area contributed by atoms with E-state index in [-0.39, 0.29) is 11.2 Å². The second-order valence-corrected chi connectivity index (χ2v) is 7.35. The number of nitrogens with one attached hydrogen (secondary N) is 1. The molecule has 0 radical (unpaired) electrons. The van der Waals surface area contributed by atoms with Gasteiger partial charge in [0, 0.05) is 18.4 Å². The highest BCUT2D eigenvalue weighted by molar-refractivity contribution is 8.00. The molecule has 2 aromatic rings. The Morgan fingerprint density at radius 1 is 1.55 bits per heavy atom. The third kappa shape index (κ3) is 3.17. The van der Waals surface area contributed by atoms with Gasteiger partial charge in [0.2, 0.25) is 5.91 Å². The molecule has 0 unspecified atom stereocenters. The number of amides is 2. The quantitative estimate of drug-likeness (QED) is 0.793. The lowest BCUT2D eigenvalue weighted by molar-refractivity contribution is -0.115. The highest BCUT2D eigenvalue weighted by atomic mass is 32.2. The van der Waals surface area contributed by atoms with Crippen molar-refractivity contribution in [2.45, 2.75) is 36.2 Å². The van der Waals surface area contributed by atoms with E-state index >= 15 is 0 Å². The van der Waals surface area contributed by atoms with E-state index in [9.17, 15) is 9.59 Å². The molecule has 3 N–H and O–H groups in total. The number of nitrogens with zero attached hydrogens (tertiary/aromatic N) is 2. The van der Waals surface area contributed by atoms with Crippen LogP contribution in [-0.4, -0.2) is 26.6 Å². The van der Waals surface area contributed by atoms with Crippen LogP contribution >= 0.6 is 23.1 Å². The van der Waals surface area contributed by atoms with Crippen molar-refractivity contribution in [2.75, 3.05) is 5.32 Å². The topological polar surface area (TPSA) is 90.0 Å². The van der Waals surface area contributed by atoms with Crippen LogP contribution in [0, 0.1) is 0 Å². The molecule has 3 rings (SSSR count). The van der Waals surface area contributed by atoms with Crippen molar-refractivity contribution in [3.05, 3.63) is 29.4 Å². The van der Waals surface area contributed by atoms with E-state index in [4.69, 9.17) is 5.73 Å². The molecule has 0 aromatic carbocycles. The summed E-state index contributed by atoms with van der Waals surface area (Å²) in [6.45, 7) is 1.82. The van der Waals surface area contributed by atoms with Gasteiger partial charge in [0.1, 0.15) is 5.00 Å². The lowest BCUT2D eigenvalue weighted by Gasteiger charge is -2.12. The Kier molecular flexibility index (Phi) is 4.21. The summed E-state index contributed by atoms with van der Waals surface area (Å²) in [5.41, 5.74) is 5.62. The van der Waals surface area contributed by atoms with E-state index in [1.165, 1.54) is 35.9 Å². The highest BCUT2D eigenvalue weighted by Crippen LogP contribution is 2.38. The molecule has 0 spiro atoms. The van der Waals surface area contributed by atoms with Gasteiger partial charge < -0.3 is 15.6 Å². The van der Waals surface area contributed by atoms with Crippen LogP contribution in [0.2, 0.25) is 0 Å². The predicted octanol–water partition coefficient (Wildman–Crippen LogP) is 2.50. The largest absolute Gasteiger partial charge is 0.366 e. The fourth-order valence-corrected chi connectivity index (χ4v) is 3.78. The van der Waals surface area contributed by atoms with E-state index in [2.05, 4.69) is 14.9 Å². The summed E-state index contributed by atoms with van der Waals surface area (Å²) in [6, 6.07) is 2.14. The second kappa shape index (κ2) is 6.13. The van der Waals surface area contributed by atoms with Crippen molar-refractivity contribution in [3.8, 4) is 0 Å². The first-order valence-corrected chi connectivity index (χ1v) is 8.70. The molecule has 22 heavy (non-hydrogen) atoms. The molecular formula is C14H16N4O2S2. The molecule has 116 valence electrons. The van der Waals surface area contributed by atoms with Crippen molar-refractivity contribution < 1.29 is 9.59 Å². The van der Waals surface area contributed by atoms with Crippen molar-refractivity contribution in [1.29, 1.82) is 0 Å². The Labute approximate surface area is 136 Å². The second-order valence-electron chi connectivity index (χ2n) is 5.13. The average molecular weight is 336 g/mol. The number of thioether (sulfide) groups is 1. The maximum atomic E-state index is 12.3. The summed E-state index contributed by atoms with van der Waals surface area (Å²) in [6.07, 6.45) is 6.05. The summed E-state index contributed by atoms with van der Waals surface area (Å²) in [5.74, 6) is -0.707. The number of aromatic nitrogens is 2. The number of rotatable bonds is 6. The Morgan fingerprint density at radius 2 is 2.32 bits per heavy atom. The molecule has 2 heterocycles. The zero-order valence-corrected chi connectivity index (χ0v) is 13.6. The maximum Gasteiger partial charge on any atom is 0.251 e. The smallest absolute Gasteiger partial charge is 0.251 e. The van der Waals surface area contributed by atoms with E-state index in [1.807, 2.05) is 13.1 Å². The highest BCUT2D eigenvalue weighted by Gasteiger charge is 2.27. The van der Waals surface area contributed by atoms with Gasteiger partial charge in [-0.1, -0.05) is 11.8 Å². The van der Waals surface area contributed by atoms with E-state index in [1.54, 1.807) is 17.6 Å². The number of hydrogen-bond donors (Lipinski definition) is 2. The van der Waals surface area contributed by atoms with Crippen LogP contribution in [0.5, 0.6) is 0 Å². The number of thiophene rings is 1. The van der Waals surface area contributed by atoms with Crippen molar-refractivity contribution in [1.82, 2.24) is 9.55 Å². The van der Waals surface area contributed by atoms with Crippen LogP contribution in [0.1, 0.15) is 36.2 Å². The van der Waals surface area contributed by atoms with Gasteiger partial charge in [-0.25, -0.2) is 4.98 Å². The zero-order valence-electron chi connectivity index (χ0n) is 12.0. The van der Waals surface area contributed by atoms with Crippen LogP contribution in [0.15, 0.2) is 29.0 Å². The molecule has 0 bridgehead atoms. The lowest BCUT2D eigenvalue weighted by Crippen LogP contribution is -2.24. The van der Waals surface area contributed by atoms with Gasteiger partial charge in [-0.05, 0) is 31.2 Å². The fraction of sp³-hybridized carbons (Fsp3) is 0.357. The molecule has 1 aliphatic rings. The summed E-state index contributed by atoms with van der Waals surface area (Å²) in [4.78, 5) is 27.9. The van der Waals surface area contributed by atoms with Gasteiger partial charge in [-0.3, -0.25) is 9.59 Å². The summed E-state index contributed by atoms with van der Waals surface area (Å²) < 4.78 is 2.12. The minimum Gasteiger partial charge on any atom is -0.366 e. The van der Waals surface area contributed by atoms with E-state index in [0.29, 0.717) is 16.6 Å². The van der Waals surface area contributed by atoms with Crippen LogP contribution in [0.25, 0.3) is 0 Å². The number of carbonyl (C=O) groups excluding carboxylic acids is 2. The Hall–Kier alpha value is -1.80. The van der Waals surface area contributed by atoms with Crippen molar-refractivity contribution >= 4 is 39.9 Å². The third-order valence-electron chi connectivity index (χ3n) is 3.39.